The highest BCUT2D eigenvalue weighted by molar-refractivity contribution is 5.89. The van der Waals surface area contributed by atoms with Gasteiger partial charge in [-0.1, -0.05) is 19.1 Å². The Morgan fingerprint density at radius 3 is 3.05 bits per heavy atom. The lowest BCUT2D eigenvalue weighted by Gasteiger charge is -2.23. The maximum Gasteiger partial charge on any atom is 0.222 e. The second-order valence-electron chi connectivity index (χ2n) is 5.25. The van der Waals surface area contributed by atoms with Crippen LogP contribution < -0.4 is 11.1 Å². The number of benzene rings is 1. The van der Waals surface area contributed by atoms with Gasteiger partial charge in [0.25, 0.3) is 0 Å². The molecule has 2 aromatic rings. The van der Waals surface area contributed by atoms with Gasteiger partial charge in [0, 0.05) is 18.0 Å². The van der Waals surface area contributed by atoms with Crippen molar-refractivity contribution in [1.82, 2.24) is 14.9 Å². The number of aromatic nitrogens is 2. The van der Waals surface area contributed by atoms with Gasteiger partial charge in [-0.05, 0) is 38.1 Å². The topological polar surface area (TPSA) is 67.1 Å². The van der Waals surface area contributed by atoms with E-state index in [9.17, 15) is 0 Å². The molecule has 0 saturated carbocycles. The molecule has 1 atom stereocenters. The molecule has 0 bridgehead atoms. The van der Waals surface area contributed by atoms with E-state index in [-0.39, 0.29) is 0 Å². The minimum absolute atomic E-state index is 0.324. The third kappa shape index (κ3) is 2.54. The average molecular weight is 271 g/mol. The van der Waals surface area contributed by atoms with E-state index in [4.69, 9.17) is 5.73 Å². The molecule has 0 spiro atoms. The van der Waals surface area contributed by atoms with Crippen molar-refractivity contribution in [2.45, 2.75) is 25.8 Å². The molecule has 106 valence electrons. The Kier molecular flexibility index (Phi) is 3.69. The number of likely N-dealkylation sites (tertiary alicyclic amines) is 1. The van der Waals surface area contributed by atoms with Crippen LogP contribution in [0.1, 0.15) is 19.8 Å². The highest BCUT2D eigenvalue weighted by Gasteiger charge is 2.22. The third-order valence-electron chi connectivity index (χ3n) is 4.03. The molecule has 0 aliphatic carbocycles. The predicted octanol–water partition coefficient (Wildman–Crippen LogP) is 2.11. The lowest BCUT2D eigenvalue weighted by molar-refractivity contribution is 0.277. The molecule has 5 heteroatoms. The Hall–Kier alpha value is -1.88. The second kappa shape index (κ2) is 5.63. The van der Waals surface area contributed by atoms with Gasteiger partial charge >= 0.3 is 0 Å². The molecule has 1 unspecified atom stereocenters. The number of nitrogens with two attached hydrogens (primary N) is 1. The van der Waals surface area contributed by atoms with E-state index >= 15 is 0 Å². The molecule has 2 heterocycles. The second-order valence-corrected chi connectivity index (χ2v) is 5.25. The molecule has 1 aliphatic heterocycles. The van der Waals surface area contributed by atoms with Gasteiger partial charge in [-0.25, -0.2) is 4.98 Å². The number of hydrogen-bond acceptors (Lipinski definition) is 5. The number of para-hydroxylation sites is 1. The summed E-state index contributed by atoms with van der Waals surface area (Å²) in [7, 11) is 0. The van der Waals surface area contributed by atoms with Crippen LogP contribution in [-0.4, -0.2) is 40.5 Å². The number of rotatable bonds is 4. The van der Waals surface area contributed by atoms with Gasteiger partial charge in [-0.2, -0.15) is 4.98 Å². The maximum atomic E-state index is 5.79. The molecule has 3 rings (SSSR count). The van der Waals surface area contributed by atoms with E-state index in [0.717, 1.165) is 29.8 Å². The summed E-state index contributed by atoms with van der Waals surface area (Å²) in [6.07, 6.45) is 2.53. The lowest BCUT2D eigenvalue weighted by Crippen LogP contribution is -2.34. The minimum Gasteiger partial charge on any atom is -0.368 e. The van der Waals surface area contributed by atoms with Crippen LogP contribution in [0, 0.1) is 0 Å². The summed E-state index contributed by atoms with van der Waals surface area (Å²) in [5.41, 5.74) is 6.68. The van der Waals surface area contributed by atoms with Gasteiger partial charge < -0.3 is 11.1 Å². The van der Waals surface area contributed by atoms with Gasteiger partial charge in [0.05, 0.1) is 5.52 Å². The fraction of sp³-hybridized carbons (Fsp3) is 0.467. The summed E-state index contributed by atoms with van der Waals surface area (Å²) in [5.74, 6) is 1.17. The Morgan fingerprint density at radius 2 is 2.20 bits per heavy atom. The Labute approximate surface area is 119 Å². The van der Waals surface area contributed by atoms with Crippen molar-refractivity contribution >= 4 is 22.7 Å². The Morgan fingerprint density at radius 1 is 1.35 bits per heavy atom. The van der Waals surface area contributed by atoms with Crippen LogP contribution in [-0.2, 0) is 0 Å². The molecular formula is C15H21N5. The molecule has 0 radical (unpaired) electrons. The van der Waals surface area contributed by atoms with Gasteiger partial charge in [0.2, 0.25) is 5.95 Å². The molecule has 3 N–H and O–H groups in total. The molecule has 1 aromatic carbocycles. The molecule has 20 heavy (non-hydrogen) atoms. The van der Waals surface area contributed by atoms with E-state index in [1.54, 1.807) is 0 Å². The molecule has 1 aromatic heterocycles. The van der Waals surface area contributed by atoms with Crippen LogP contribution in [0.5, 0.6) is 0 Å². The SMILES string of the molecule is CCN1CCCC1CNc1nc(N)nc2ccccc12. The van der Waals surface area contributed by atoms with E-state index in [0.29, 0.717) is 12.0 Å². The molecule has 0 amide bonds. The Balaban J connectivity index is 1.80. The fourth-order valence-electron chi connectivity index (χ4n) is 2.99. The van der Waals surface area contributed by atoms with Crippen LogP contribution in [0.2, 0.25) is 0 Å². The van der Waals surface area contributed by atoms with Gasteiger partial charge in [0.15, 0.2) is 0 Å². The number of likely N-dealkylation sites (N-methyl/N-ethyl adjacent to an activating group) is 1. The highest BCUT2D eigenvalue weighted by Crippen LogP contribution is 2.22. The van der Waals surface area contributed by atoms with Gasteiger partial charge in [-0.15, -0.1) is 0 Å². The largest absolute Gasteiger partial charge is 0.368 e. The first-order valence-corrected chi connectivity index (χ1v) is 7.28. The zero-order valence-corrected chi connectivity index (χ0v) is 11.8. The number of fused-ring (bicyclic) bond motifs is 1. The third-order valence-corrected chi connectivity index (χ3v) is 4.03. The summed E-state index contributed by atoms with van der Waals surface area (Å²) in [6, 6.07) is 8.56. The standard InChI is InChI=1S/C15H21N5/c1-2-20-9-5-6-11(20)10-17-14-12-7-3-4-8-13(12)18-15(16)19-14/h3-4,7-8,11H,2,5-6,9-10H2,1H3,(H3,16,17,18,19). The molecule has 1 saturated heterocycles. The van der Waals surface area contributed by atoms with Crippen molar-refractivity contribution in [3.05, 3.63) is 24.3 Å². The number of nitrogens with zero attached hydrogens (tertiary/aromatic N) is 3. The van der Waals surface area contributed by atoms with Crippen molar-refractivity contribution in [3.8, 4) is 0 Å². The highest BCUT2D eigenvalue weighted by atomic mass is 15.2. The summed E-state index contributed by atoms with van der Waals surface area (Å²) in [6.45, 7) is 5.44. The number of nitrogen functional groups attached to an aromatic ring is 1. The van der Waals surface area contributed by atoms with Crippen molar-refractivity contribution in [3.63, 3.8) is 0 Å². The van der Waals surface area contributed by atoms with Gasteiger partial charge in [-0.3, -0.25) is 4.90 Å². The van der Waals surface area contributed by atoms with E-state index in [1.165, 1.54) is 19.4 Å². The van der Waals surface area contributed by atoms with Crippen LogP contribution in [0.4, 0.5) is 11.8 Å². The fourth-order valence-corrected chi connectivity index (χ4v) is 2.99. The zero-order valence-electron chi connectivity index (χ0n) is 11.8. The average Bonchev–Trinajstić information content (AvgIpc) is 2.92. The normalized spacial score (nSPS) is 19.6. The molecule has 1 fully saturated rings. The first kappa shape index (κ1) is 13.1. The van der Waals surface area contributed by atoms with Crippen molar-refractivity contribution < 1.29 is 0 Å². The van der Waals surface area contributed by atoms with Crippen LogP contribution in [0.3, 0.4) is 0 Å². The van der Waals surface area contributed by atoms with Crippen molar-refractivity contribution in [2.24, 2.45) is 0 Å². The Bertz CT molecular complexity index is 598. The van der Waals surface area contributed by atoms with Crippen LogP contribution >= 0.6 is 0 Å². The van der Waals surface area contributed by atoms with E-state index < -0.39 is 0 Å². The van der Waals surface area contributed by atoms with Crippen LogP contribution in [0.15, 0.2) is 24.3 Å². The number of hydrogen-bond donors (Lipinski definition) is 2. The molecule has 1 aliphatic rings. The van der Waals surface area contributed by atoms with Crippen molar-refractivity contribution in [2.75, 3.05) is 30.7 Å². The number of anilines is 2. The lowest BCUT2D eigenvalue weighted by atomic mass is 10.2. The molecule has 5 nitrogen and oxygen atoms in total. The smallest absolute Gasteiger partial charge is 0.222 e. The minimum atomic E-state index is 0.324. The monoisotopic (exact) mass is 271 g/mol. The summed E-state index contributed by atoms with van der Waals surface area (Å²) < 4.78 is 0. The zero-order chi connectivity index (χ0) is 13.9. The van der Waals surface area contributed by atoms with E-state index in [2.05, 4.69) is 27.1 Å². The summed E-state index contributed by atoms with van der Waals surface area (Å²) >= 11 is 0. The molecular weight excluding hydrogens is 250 g/mol. The predicted molar refractivity (Wildman–Crippen MR) is 82.7 cm³/mol. The van der Waals surface area contributed by atoms with Gasteiger partial charge in [0.1, 0.15) is 5.82 Å². The van der Waals surface area contributed by atoms with E-state index in [1.807, 2.05) is 24.3 Å². The quantitative estimate of drug-likeness (QED) is 0.891. The summed E-state index contributed by atoms with van der Waals surface area (Å²) in [5, 5.41) is 4.49. The first-order valence-electron chi connectivity index (χ1n) is 7.28. The maximum absolute atomic E-state index is 5.79. The summed E-state index contributed by atoms with van der Waals surface area (Å²) in [4.78, 5) is 11.1. The number of nitrogens with one attached hydrogen (secondary N) is 1. The van der Waals surface area contributed by atoms with Crippen molar-refractivity contribution in [1.29, 1.82) is 0 Å². The first-order chi connectivity index (χ1) is 9.78. The van der Waals surface area contributed by atoms with Crippen LogP contribution in [0.25, 0.3) is 10.9 Å².